The van der Waals surface area contributed by atoms with Crippen LogP contribution in [-0.2, 0) is 9.59 Å². The summed E-state index contributed by atoms with van der Waals surface area (Å²) in [6, 6.07) is 10.3. The molecule has 1 N–H and O–H groups in total. The van der Waals surface area contributed by atoms with Gasteiger partial charge >= 0.3 is 0 Å². The van der Waals surface area contributed by atoms with Crippen LogP contribution in [0.2, 0.25) is 0 Å². The van der Waals surface area contributed by atoms with E-state index < -0.39 is 0 Å². The van der Waals surface area contributed by atoms with Crippen LogP contribution >= 0.6 is 11.3 Å². The van der Waals surface area contributed by atoms with E-state index in [1.165, 1.54) is 12.1 Å². The van der Waals surface area contributed by atoms with Crippen LogP contribution in [0, 0.1) is 5.82 Å². The normalized spacial score (nSPS) is 18.4. The third kappa shape index (κ3) is 5.70. The standard InChI is InChI=1S/C23H29FN4O2S/c24-19-7-5-18(6-8-19)23(20-4-3-15-31-20)25-16-21(29)28-13-11-26(12-14-28)17-22(30)27-9-1-2-10-27/h3-8,15,23,25H,1-2,9-14,16-17H2. The van der Waals surface area contributed by atoms with Gasteiger partial charge in [-0.3, -0.25) is 19.8 Å². The molecule has 0 aliphatic carbocycles. The van der Waals surface area contributed by atoms with Crippen molar-refractivity contribution in [3.8, 4) is 0 Å². The number of hydrogen-bond acceptors (Lipinski definition) is 5. The number of piperazine rings is 1. The quantitative estimate of drug-likeness (QED) is 0.712. The topological polar surface area (TPSA) is 55.9 Å². The Balaban J connectivity index is 1.28. The van der Waals surface area contributed by atoms with Gasteiger partial charge in [-0.15, -0.1) is 11.3 Å². The zero-order chi connectivity index (χ0) is 21.6. The number of benzene rings is 1. The van der Waals surface area contributed by atoms with Gasteiger partial charge in [-0.25, -0.2) is 4.39 Å². The van der Waals surface area contributed by atoms with Gasteiger partial charge in [0.2, 0.25) is 11.8 Å². The third-order valence-corrected chi connectivity index (χ3v) is 6.97. The largest absolute Gasteiger partial charge is 0.342 e. The zero-order valence-corrected chi connectivity index (χ0v) is 18.5. The molecule has 2 aliphatic rings. The first-order chi connectivity index (χ1) is 15.1. The summed E-state index contributed by atoms with van der Waals surface area (Å²) in [5, 5.41) is 5.36. The maximum absolute atomic E-state index is 13.3. The van der Waals surface area contributed by atoms with Crippen molar-refractivity contribution in [2.45, 2.75) is 18.9 Å². The Morgan fingerprint density at radius 1 is 0.935 bits per heavy atom. The van der Waals surface area contributed by atoms with E-state index in [1.54, 1.807) is 23.5 Å². The molecule has 2 aromatic rings. The number of hydrogen-bond donors (Lipinski definition) is 1. The molecule has 31 heavy (non-hydrogen) atoms. The first-order valence-corrected chi connectivity index (χ1v) is 11.8. The first-order valence-electron chi connectivity index (χ1n) is 10.9. The number of likely N-dealkylation sites (tertiary alicyclic amines) is 1. The summed E-state index contributed by atoms with van der Waals surface area (Å²) in [6.45, 7) is 5.13. The van der Waals surface area contributed by atoms with Gasteiger partial charge in [-0.05, 0) is 42.0 Å². The molecule has 2 fully saturated rings. The summed E-state index contributed by atoms with van der Waals surface area (Å²) >= 11 is 1.61. The highest BCUT2D eigenvalue weighted by atomic mass is 32.1. The number of nitrogens with zero attached hydrogens (tertiary/aromatic N) is 3. The molecule has 1 aromatic carbocycles. The van der Waals surface area contributed by atoms with Gasteiger partial charge in [-0.1, -0.05) is 18.2 Å². The van der Waals surface area contributed by atoms with Crippen molar-refractivity contribution in [2.75, 3.05) is 52.4 Å². The molecule has 166 valence electrons. The lowest BCUT2D eigenvalue weighted by atomic mass is 10.1. The van der Waals surface area contributed by atoms with E-state index in [4.69, 9.17) is 0 Å². The highest BCUT2D eigenvalue weighted by Crippen LogP contribution is 2.26. The average molecular weight is 445 g/mol. The minimum atomic E-state index is -0.272. The van der Waals surface area contributed by atoms with Crippen LogP contribution in [0.3, 0.4) is 0 Å². The number of carbonyl (C=O) groups excluding carboxylic acids is 2. The van der Waals surface area contributed by atoms with Crippen LogP contribution in [0.4, 0.5) is 4.39 Å². The van der Waals surface area contributed by atoms with Crippen molar-refractivity contribution in [3.63, 3.8) is 0 Å². The van der Waals surface area contributed by atoms with E-state index in [0.717, 1.165) is 49.5 Å². The lowest BCUT2D eigenvalue weighted by molar-refractivity contribution is -0.134. The van der Waals surface area contributed by atoms with Gasteiger partial charge in [0, 0.05) is 44.1 Å². The molecule has 0 spiro atoms. The second-order valence-electron chi connectivity index (χ2n) is 8.13. The summed E-state index contributed by atoms with van der Waals surface area (Å²) in [6.07, 6.45) is 2.21. The number of halogens is 1. The minimum Gasteiger partial charge on any atom is -0.342 e. The molecule has 8 heteroatoms. The van der Waals surface area contributed by atoms with Gasteiger partial charge in [0.1, 0.15) is 5.82 Å². The molecule has 2 aliphatic heterocycles. The molecule has 2 amide bonds. The summed E-state index contributed by atoms with van der Waals surface area (Å²) < 4.78 is 13.3. The fraction of sp³-hybridized carbons (Fsp3) is 0.478. The smallest absolute Gasteiger partial charge is 0.236 e. The predicted octanol–water partition coefficient (Wildman–Crippen LogP) is 2.33. The van der Waals surface area contributed by atoms with Crippen molar-refractivity contribution in [3.05, 3.63) is 58.0 Å². The molecular formula is C23H29FN4O2S. The van der Waals surface area contributed by atoms with E-state index in [2.05, 4.69) is 10.2 Å². The highest BCUT2D eigenvalue weighted by molar-refractivity contribution is 7.10. The highest BCUT2D eigenvalue weighted by Gasteiger charge is 2.26. The SMILES string of the molecule is O=C(CNC(c1ccc(F)cc1)c1cccs1)N1CCN(CC(=O)N2CCCC2)CC1. The number of rotatable bonds is 7. The molecule has 0 bridgehead atoms. The Labute approximate surface area is 186 Å². The Hall–Kier alpha value is -2.29. The fourth-order valence-electron chi connectivity index (χ4n) is 4.21. The van der Waals surface area contributed by atoms with Crippen molar-refractivity contribution in [1.82, 2.24) is 20.0 Å². The molecule has 1 unspecified atom stereocenters. The van der Waals surface area contributed by atoms with Gasteiger partial charge in [0.05, 0.1) is 19.1 Å². The van der Waals surface area contributed by atoms with E-state index in [1.807, 2.05) is 27.3 Å². The molecule has 1 atom stereocenters. The van der Waals surface area contributed by atoms with Crippen molar-refractivity contribution < 1.29 is 14.0 Å². The molecule has 0 saturated carbocycles. The molecule has 4 rings (SSSR count). The number of nitrogens with one attached hydrogen (secondary N) is 1. The van der Waals surface area contributed by atoms with E-state index >= 15 is 0 Å². The van der Waals surface area contributed by atoms with E-state index in [0.29, 0.717) is 19.6 Å². The van der Waals surface area contributed by atoms with Crippen LogP contribution < -0.4 is 5.32 Å². The first kappa shape index (κ1) is 21.9. The molecule has 6 nitrogen and oxygen atoms in total. The summed E-state index contributed by atoms with van der Waals surface area (Å²) in [5.41, 5.74) is 0.932. The number of amides is 2. The van der Waals surface area contributed by atoms with E-state index in [9.17, 15) is 14.0 Å². The van der Waals surface area contributed by atoms with Gasteiger partial charge in [-0.2, -0.15) is 0 Å². The van der Waals surface area contributed by atoms with Crippen LogP contribution in [0.25, 0.3) is 0 Å². The molecule has 0 radical (unpaired) electrons. The average Bonchev–Trinajstić information content (AvgIpc) is 3.50. The molecular weight excluding hydrogens is 415 g/mol. The van der Waals surface area contributed by atoms with Crippen molar-refractivity contribution in [2.24, 2.45) is 0 Å². The lowest BCUT2D eigenvalue weighted by Crippen LogP contribution is -2.53. The summed E-state index contributed by atoms with van der Waals surface area (Å²) in [7, 11) is 0. The van der Waals surface area contributed by atoms with Crippen LogP contribution in [0.5, 0.6) is 0 Å². The third-order valence-electron chi connectivity index (χ3n) is 6.03. The maximum Gasteiger partial charge on any atom is 0.236 e. The summed E-state index contributed by atoms with van der Waals surface area (Å²) in [4.78, 5) is 32.2. The monoisotopic (exact) mass is 444 g/mol. The van der Waals surface area contributed by atoms with Gasteiger partial charge in [0.15, 0.2) is 0 Å². The second kappa shape index (κ2) is 10.3. The number of thiophene rings is 1. The van der Waals surface area contributed by atoms with Crippen molar-refractivity contribution in [1.29, 1.82) is 0 Å². The maximum atomic E-state index is 13.3. The Morgan fingerprint density at radius 3 is 2.26 bits per heavy atom. The van der Waals surface area contributed by atoms with Gasteiger partial charge in [0.25, 0.3) is 0 Å². The van der Waals surface area contributed by atoms with Gasteiger partial charge < -0.3 is 9.80 Å². The fourth-order valence-corrected chi connectivity index (χ4v) is 5.03. The molecule has 1 aromatic heterocycles. The second-order valence-corrected chi connectivity index (χ2v) is 9.10. The lowest BCUT2D eigenvalue weighted by Gasteiger charge is -2.35. The van der Waals surface area contributed by atoms with Crippen LogP contribution in [0.15, 0.2) is 41.8 Å². The molecule has 2 saturated heterocycles. The zero-order valence-electron chi connectivity index (χ0n) is 17.6. The predicted molar refractivity (Wildman–Crippen MR) is 119 cm³/mol. The Kier molecular flexibility index (Phi) is 7.32. The number of carbonyl (C=O) groups is 2. The van der Waals surface area contributed by atoms with Crippen LogP contribution in [0.1, 0.15) is 29.3 Å². The van der Waals surface area contributed by atoms with E-state index in [-0.39, 0.29) is 30.2 Å². The molecule has 3 heterocycles. The minimum absolute atomic E-state index is 0.0502. The van der Waals surface area contributed by atoms with Crippen LogP contribution in [-0.4, -0.2) is 78.9 Å². The Bertz CT molecular complexity index is 860. The van der Waals surface area contributed by atoms with Crippen molar-refractivity contribution >= 4 is 23.2 Å². The summed E-state index contributed by atoms with van der Waals surface area (Å²) in [5.74, 6) is -0.0166. The Morgan fingerprint density at radius 2 is 1.61 bits per heavy atom.